The first-order chi connectivity index (χ1) is 4.66. The summed E-state index contributed by atoms with van der Waals surface area (Å²) >= 11 is 5.01. The second-order valence-electron chi connectivity index (χ2n) is 1.78. The third kappa shape index (κ3) is 5.56. The highest BCUT2D eigenvalue weighted by Gasteiger charge is 2.01. The Morgan fingerprint density at radius 1 is 1.40 bits per heavy atom. The van der Waals surface area contributed by atoms with Gasteiger partial charge in [0.05, 0.1) is 7.11 Å². The first kappa shape index (κ1) is 9.43. The zero-order chi connectivity index (χ0) is 7.98. The minimum absolute atomic E-state index is 0.233. The fraction of sp³-hybridized carbons (Fsp3) is 0.667. The number of carbonyl (C=O) groups is 2. The van der Waals surface area contributed by atoms with Crippen LogP contribution in [0.3, 0.4) is 0 Å². The number of hydrogen-bond acceptors (Lipinski definition) is 3. The predicted molar refractivity (Wildman–Crippen MR) is 36.7 cm³/mol. The molecule has 0 rings (SSSR count). The zero-order valence-electron chi connectivity index (χ0n) is 5.72. The van der Waals surface area contributed by atoms with E-state index in [0.717, 1.165) is 0 Å². The van der Waals surface area contributed by atoms with Crippen molar-refractivity contribution in [3.8, 4) is 0 Å². The van der Waals surface area contributed by atoms with Gasteiger partial charge in [0.1, 0.15) is 0 Å². The molecule has 10 heavy (non-hydrogen) atoms. The lowest BCUT2D eigenvalue weighted by atomic mass is 10.2. The first-order valence-electron chi connectivity index (χ1n) is 2.92. The van der Waals surface area contributed by atoms with Crippen LogP contribution in [0.25, 0.3) is 0 Å². The van der Waals surface area contributed by atoms with E-state index in [-0.39, 0.29) is 18.8 Å². The number of carbonyl (C=O) groups excluding carboxylic acids is 2. The Labute approximate surface area is 64.3 Å². The quantitative estimate of drug-likeness (QED) is 0.462. The number of rotatable bonds is 4. The summed E-state index contributed by atoms with van der Waals surface area (Å²) in [7, 11) is 1.31. The lowest BCUT2D eigenvalue weighted by Crippen LogP contribution is -2.00. The van der Waals surface area contributed by atoms with Gasteiger partial charge in [0.25, 0.3) is 0 Å². The molecule has 0 unspecified atom stereocenters. The van der Waals surface area contributed by atoms with Gasteiger partial charge >= 0.3 is 5.97 Å². The number of hydrogen-bond donors (Lipinski definition) is 0. The van der Waals surface area contributed by atoms with E-state index in [1.807, 2.05) is 0 Å². The molecule has 0 aliphatic carbocycles. The van der Waals surface area contributed by atoms with Crippen LogP contribution >= 0.6 is 11.6 Å². The molecule has 0 atom stereocenters. The molecule has 4 heteroatoms. The Morgan fingerprint density at radius 3 is 2.40 bits per heavy atom. The molecule has 0 heterocycles. The van der Waals surface area contributed by atoms with Crippen LogP contribution in [0, 0.1) is 0 Å². The Kier molecular flexibility index (Phi) is 4.94. The number of ether oxygens (including phenoxy) is 1. The average molecular weight is 165 g/mol. The second kappa shape index (κ2) is 5.23. The average Bonchev–Trinajstić information content (AvgIpc) is 1.87. The summed E-state index contributed by atoms with van der Waals surface area (Å²) in [6.07, 6.45) is 0.959. The molecule has 0 bridgehead atoms. The molecule has 0 spiro atoms. The molecule has 0 amide bonds. The summed E-state index contributed by atoms with van der Waals surface area (Å²) in [6, 6.07) is 0. The smallest absolute Gasteiger partial charge is 0.305 e. The Bertz CT molecular complexity index is 133. The van der Waals surface area contributed by atoms with Gasteiger partial charge in [0.15, 0.2) is 0 Å². The summed E-state index contributed by atoms with van der Waals surface area (Å²) in [5, 5.41) is -0.413. The highest BCUT2D eigenvalue weighted by molar-refractivity contribution is 6.63. The van der Waals surface area contributed by atoms with Gasteiger partial charge in [-0.2, -0.15) is 0 Å². The molecule has 0 aliphatic heterocycles. The first-order valence-corrected chi connectivity index (χ1v) is 3.29. The van der Waals surface area contributed by atoms with Gasteiger partial charge in [-0.3, -0.25) is 9.59 Å². The number of esters is 1. The van der Waals surface area contributed by atoms with Gasteiger partial charge in [-0.15, -0.1) is 0 Å². The van der Waals surface area contributed by atoms with Crippen molar-refractivity contribution < 1.29 is 14.3 Å². The lowest BCUT2D eigenvalue weighted by Gasteiger charge is -1.94. The largest absolute Gasteiger partial charge is 0.469 e. The van der Waals surface area contributed by atoms with Crippen molar-refractivity contribution in [1.82, 2.24) is 0 Å². The summed E-state index contributed by atoms with van der Waals surface area (Å²) in [6.45, 7) is 0. The molecule has 0 radical (unpaired) electrons. The van der Waals surface area contributed by atoms with E-state index in [9.17, 15) is 9.59 Å². The standard InChI is InChI=1S/C6H9ClO3/c1-10-6(9)4-2-3-5(7)8/h2-4H2,1H3. The Hall–Kier alpha value is -0.570. The van der Waals surface area contributed by atoms with Crippen molar-refractivity contribution in [2.24, 2.45) is 0 Å². The van der Waals surface area contributed by atoms with Gasteiger partial charge in [0, 0.05) is 12.8 Å². The molecule has 0 aromatic heterocycles. The maximum Gasteiger partial charge on any atom is 0.305 e. The van der Waals surface area contributed by atoms with Crippen molar-refractivity contribution in [2.75, 3.05) is 7.11 Å². The van der Waals surface area contributed by atoms with Crippen LogP contribution in [0.5, 0.6) is 0 Å². The minimum Gasteiger partial charge on any atom is -0.469 e. The molecule has 0 aromatic rings. The molecule has 58 valence electrons. The molecule has 0 saturated carbocycles. The number of methoxy groups -OCH3 is 1. The van der Waals surface area contributed by atoms with E-state index in [0.29, 0.717) is 6.42 Å². The minimum atomic E-state index is -0.413. The molecule has 0 fully saturated rings. The monoisotopic (exact) mass is 164 g/mol. The summed E-state index contributed by atoms with van der Waals surface area (Å²) in [5.74, 6) is -0.307. The molecule has 0 aromatic carbocycles. The van der Waals surface area contributed by atoms with Crippen LogP contribution in [0.15, 0.2) is 0 Å². The van der Waals surface area contributed by atoms with Gasteiger partial charge < -0.3 is 4.74 Å². The maximum absolute atomic E-state index is 10.4. The van der Waals surface area contributed by atoms with E-state index < -0.39 is 5.24 Å². The van der Waals surface area contributed by atoms with Crippen LogP contribution in [-0.2, 0) is 14.3 Å². The van der Waals surface area contributed by atoms with Crippen molar-refractivity contribution in [2.45, 2.75) is 19.3 Å². The molecular formula is C6H9ClO3. The predicted octanol–water partition coefficient (Wildman–Crippen LogP) is 1.10. The summed E-state index contributed by atoms with van der Waals surface area (Å²) in [4.78, 5) is 20.5. The summed E-state index contributed by atoms with van der Waals surface area (Å²) < 4.78 is 4.34. The Morgan fingerprint density at radius 2 is 2.00 bits per heavy atom. The van der Waals surface area contributed by atoms with E-state index in [4.69, 9.17) is 11.6 Å². The van der Waals surface area contributed by atoms with E-state index in [2.05, 4.69) is 4.74 Å². The fourth-order valence-corrected chi connectivity index (χ4v) is 0.607. The third-order valence-corrected chi connectivity index (χ3v) is 1.17. The maximum atomic E-state index is 10.4. The van der Waals surface area contributed by atoms with Gasteiger partial charge in [-0.1, -0.05) is 0 Å². The van der Waals surface area contributed by atoms with Crippen LogP contribution in [0.1, 0.15) is 19.3 Å². The van der Waals surface area contributed by atoms with Crippen molar-refractivity contribution >= 4 is 22.8 Å². The molecule has 0 aliphatic rings. The van der Waals surface area contributed by atoms with Gasteiger partial charge in [0.2, 0.25) is 5.24 Å². The van der Waals surface area contributed by atoms with Gasteiger partial charge in [-0.05, 0) is 18.0 Å². The summed E-state index contributed by atoms with van der Waals surface area (Å²) in [5.41, 5.74) is 0. The molecule has 0 saturated heterocycles. The van der Waals surface area contributed by atoms with E-state index >= 15 is 0 Å². The normalized spacial score (nSPS) is 9.00. The van der Waals surface area contributed by atoms with Crippen molar-refractivity contribution in [3.63, 3.8) is 0 Å². The number of halogens is 1. The van der Waals surface area contributed by atoms with E-state index in [1.165, 1.54) is 7.11 Å². The third-order valence-electron chi connectivity index (χ3n) is 0.982. The lowest BCUT2D eigenvalue weighted by molar-refractivity contribution is -0.140. The molecular weight excluding hydrogens is 156 g/mol. The van der Waals surface area contributed by atoms with Crippen molar-refractivity contribution in [1.29, 1.82) is 0 Å². The second-order valence-corrected chi connectivity index (χ2v) is 2.21. The van der Waals surface area contributed by atoms with E-state index in [1.54, 1.807) is 0 Å². The topological polar surface area (TPSA) is 43.4 Å². The molecule has 0 N–H and O–H groups in total. The fourth-order valence-electron chi connectivity index (χ4n) is 0.474. The van der Waals surface area contributed by atoms with Crippen LogP contribution in [0.2, 0.25) is 0 Å². The van der Waals surface area contributed by atoms with Crippen LogP contribution in [-0.4, -0.2) is 18.3 Å². The zero-order valence-corrected chi connectivity index (χ0v) is 6.48. The molecule has 3 nitrogen and oxygen atoms in total. The highest BCUT2D eigenvalue weighted by Crippen LogP contribution is 1.99. The van der Waals surface area contributed by atoms with Crippen molar-refractivity contribution in [3.05, 3.63) is 0 Å². The van der Waals surface area contributed by atoms with Crippen LogP contribution < -0.4 is 0 Å². The Balaban J connectivity index is 3.20. The SMILES string of the molecule is COC(=O)CCCC(=O)Cl. The van der Waals surface area contributed by atoms with Crippen LogP contribution in [0.4, 0.5) is 0 Å². The highest BCUT2D eigenvalue weighted by atomic mass is 35.5. The van der Waals surface area contributed by atoms with Gasteiger partial charge in [-0.25, -0.2) is 0 Å².